The molecule has 0 bridgehead atoms. The summed E-state index contributed by atoms with van der Waals surface area (Å²) in [5.41, 5.74) is 5.15. The Hall–Kier alpha value is -2.13. The second kappa shape index (κ2) is 6.97. The van der Waals surface area contributed by atoms with E-state index in [1.807, 2.05) is 19.1 Å². The largest absolute Gasteiger partial charge is 0.351 e. The lowest BCUT2D eigenvalue weighted by molar-refractivity contribution is -0.126. The van der Waals surface area contributed by atoms with E-state index in [1.54, 1.807) is 0 Å². The minimum atomic E-state index is -0.104. The van der Waals surface area contributed by atoms with E-state index in [9.17, 15) is 4.79 Å². The Morgan fingerprint density at radius 1 is 1.13 bits per heavy atom. The molecule has 2 aromatic rings. The molecule has 1 atom stereocenters. The number of benzene rings is 2. The monoisotopic (exact) mass is 308 g/mol. The lowest BCUT2D eigenvalue weighted by Crippen LogP contribution is -2.46. The molecule has 3 rings (SSSR count). The van der Waals surface area contributed by atoms with Crippen LogP contribution in [0.15, 0.2) is 48.5 Å². The molecule has 1 N–H and O–H groups in total. The van der Waals surface area contributed by atoms with Crippen LogP contribution in [0, 0.1) is 6.92 Å². The van der Waals surface area contributed by atoms with E-state index in [-0.39, 0.29) is 11.9 Å². The number of aryl methyl sites for hydroxylation is 1. The summed E-state index contributed by atoms with van der Waals surface area (Å²) in [6.45, 7) is 6.47. The second-order valence-electron chi connectivity index (χ2n) is 6.31. The van der Waals surface area contributed by atoms with Gasteiger partial charge in [0.05, 0.1) is 6.04 Å². The van der Waals surface area contributed by atoms with Gasteiger partial charge in [-0.15, -0.1) is 0 Å². The Labute approximate surface area is 138 Å². The van der Waals surface area contributed by atoms with E-state index < -0.39 is 0 Å². The van der Waals surface area contributed by atoms with Crippen LogP contribution in [-0.4, -0.2) is 23.4 Å². The number of hydrogen-bond donors (Lipinski definition) is 1. The third kappa shape index (κ3) is 3.62. The van der Waals surface area contributed by atoms with Gasteiger partial charge in [0, 0.05) is 19.6 Å². The fraction of sp³-hybridized carbons (Fsp3) is 0.350. The van der Waals surface area contributed by atoms with Gasteiger partial charge >= 0.3 is 0 Å². The van der Waals surface area contributed by atoms with Crippen LogP contribution in [0.25, 0.3) is 0 Å². The van der Waals surface area contributed by atoms with Crippen molar-refractivity contribution >= 4 is 5.91 Å². The quantitative estimate of drug-likeness (QED) is 0.941. The van der Waals surface area contributed by atoms with Gasteiger partial charge in [-0.05, 0) is 42.5 Å². The molecule has 23 heavy (non-hydrogen) atoms. The molecule has 2 aromatic carbocycles. The fourth-order valence-electron chi connectivity index (χ4n) is 3.15. The topological polar surface area (TPSA) is 32.3 Å². The van der Waals surface area contributed by atoms with Crippen LogP contribution in [0.3, 0.4) is 0 Å². The average Bonchev–Trinajstić information content (AvgIpc) is 2.59. The third-order valence-corrected chi connectivity index (χ3v) is 4.80. The zero-order valence-electron chi connectivity index (χ0n) is 13.9. The maximum atomic E-state index is 12.5. The van der Waals surface area contributed by atoms with Crippen LogP contribution in [-0.2, 0) is 24.3 Å². The van der Waals surface area contributed by atoms with Crippen molar-refractivity contribution in [3.05, 3.63) is 70.8 Å². The molecule has 0 saturated carbocycles. The Morgan fingerprint density at radius 3 is 2.61 bits per heavy atom. The van der Waals surface area contributed by atoms with E-state index in [0.29, 0.717) is 6.54 Å². The van der Waals surface area contributed by atoms with E-state index >= 15 is 0 Å². The Bertz CT molecular complexity index is 696. The maximum absolute atomic E-state index is 12.5. The van der Waals surface area contributed by atoms with Crippen LogP contribution in [0.2, 0.25) is 0 Å². The Balaban J connectivity index is 1.59. The summed E-state index contributed by atoms with van der Waals surface area (Å²) in [7, 11) is 0. The number of nitrogens with one attached hydrogen (secondary N) is 1. The molecule has 1 aliphatic rings. The molecule has 0 saturated heterocycles. The van der Waals surface area contributed by atoms with Gasteiger partial charge in [0.2, 0.25) is 5.91 Å². The lowest BCUT2D eigenvalue weighted by Gasteiger charge is -2.32. The normalized spacial score (nSPS) is 15.7. The highest BCUT2D eigenvalue weighted by Crippen LogP contribution is 2.20. The van der Waals surface area contributed by atoms with Crippen LogP contribution >= 0.6 is 0 Å². The minimum Gasteiger partial charge on any atom is -0.351 e. The van der Waals surface area contributed by atoms with Gasteiger partial charge in [-0.25, -0.2) is 0 Å². The van der Waals surface area contributed by atoms with E-state index in [4.69, 9.17) is 0 Å². The molecule has 0 aromatic heterocycles. The number of carbonyl (C=O) groups is 1. The summed E-state index contributed by atoms with van der Waals surface area (Å²) < 4.78 is 0. The van der Waals surface area contributed by atoms with Crippen molar-refractivity contribution in [3.8, 4) is 0 Å². The summed E-state index contributed by atoms with van der Waals surface area (Å²) in [5, 5.41) is 3.08. The van der Waals surface area contributed by atoms with Gasteiger partial charge in [-0.2, -0.15) is 0 Å². The SMILES string of the molecule is Cc1ccccc1CNC(=O)C(C)N1CCc2ccccc2C1. The van der Waals surface area contributed by atoms with Crippen molar-refractivity contribution in [2.24, 2.45) is 0 Å². The summed E-state index contributed by atoms with van der Waals surface area (Å²) in [6, 6.07) is 16.6. The molecule has 0 aliphatic carbocycles. The molecule has 1 heterocycles. The van der Waals surface area contributed by atoms with Crippen molar-refractivity contribution in [1.29, 1.82) is 0 Å². The van der Waals surface area contributed by atoms with Crippen LogP contribution in [0.5, 0.6) is 0 Å². The predicted molar refractivity (Wildman–Crippen MR) is 93.0 cm³/mol. The third-order valence-electron chi connectivity index (χ3n) is 4.80. The summed E-state index contributed by atoms with van der Waals surface area (Å²) in [5.74, 6) is 0.104. The molecular weight excluding hydrogens is 284 g/mol. The zero-order valence-corrected chi connectivity index (χ0v) is 13.9. The maximum Gasteiger partial charge on any atom is 0.237 e. The molecule has 0 radical (unpaired) electrons. The first kappa shape index (κ1) is 15.8. The zero-order chi connectivity index (χ0) is 16.2. The lowest BCUT2D eigenvalue weighted by atomic mass is 9.98. The van der Waals surface area contributed by atoms with Crippen molar-refractivity contribution in [2.45, 2.75) is 39.4 Å². The van der Waals surface area contributed by atoms with Crippen LogP contribution in [0.1, 0.15) is 29.2 Å². The first-order valence-corrected chi connectivity index (χ1v) is 8.28. The van der Waals surface area contributed by atoms with E-state index in [1.165, 1.54) is 22.3 Å². The van der Waals surface area contributed by atoms with Crippen LogP contribution < -0.4 is 5.32 Å². The van der Waals surface area contributed by atoms with Gasteiger partial charge in [-0.1, -0.05) is 48.5 Å². The Kier molecular flexibility index (Phi) is 4.77. The molecule has 3 heteroatoms. The predicted octanol–water partition coefficient (Wildman–Crippen LogP) is 3.06. The van der Waals surface area contributed by atoms with Crippen LogP contribution in [0.4, 0.5) is 0 Å². The van der Waals surface area contributed by atoms with Gasteiger partial charge in [0.15, 0.2) is 0 Å². The number of fused-ring (bicyclic) bond motifs is 1. The highest BCUT2D eigenvalue weighted by atomic mass is 16.2. The van der Waals surface area contributed by atoms with Gasteiger partial charge in [0.25, 0.3) is 0 Å². The number of nitrogens with zero attached hydrogens (tertiary/aromatic N) is 1. The molecule has 1 amide bonds. The Morgan fingerprint density at radius 2 is 1.83 bits per heavy atom. The van der Waals surface area contributed by atoms with Crippen molar-refractivity contribution in [3.63, 3.8) is 0 Å². The van der Waals surface area contributed by atoms with Gasteiger partial charge in [0.1, 0.15) is 0 Å². The van der Waals surface area contributed by atoms with E-state index in [2.05, 4.69) is 53.5 Å². The van der Waals surface area contributed by atoms with Gasteiger partial charge < -0.3 is 5.32 Å². The number of amides is 1. The summed E-state index contributed by atoms with van der Waals surface area (Å²) in [4.78, 5) is 14.7. The standard InChI is InChI=1S/C20H24N2O/c1-15-7-3-4-9-18(15)13-21-20(23)16(2)22-12-11-17-8-5-6-10-19(17)14-22/h3-10,16H,11-14H2,1-2H3,(H,21,23). The van der Waals surface area contributed by atoms with Crippen molar-refractivity contribution in [2.75, 3.05) is 6.54 Å². The van der Waals surface area contributed by atoms with Gasteiger partial charge in [-0.3, -0.25) is 9.69 Å². The smallest absolute Gasteiger partial charge is 0.237 e. The fourth-order valence-corrected chi connectivity index (χ4v) is 3.15. The molecular formula is C20H24N2O. The molecule has 0 spiro atoms. The number of hydrogen-bond acceptors (Lipinski definition) is 2. The van der Waals surface area contributed by atoms with Crippen molar-refractivity contribution in [1.82, 2.24) is 10.2 Å². The minimum absolute atomic E-state index is 0.104. The first-order valence-electron chi connectivity index (χ1n) is 8.28. The van der Waals surface area contributed by atoms with Crippen molar-refractivity contribution < 1.29 is 4.79 Å². The summed E-state index contributed by atoms with van der Waals surface area (Å²) in [6.07, 6.45) is 1.02. The number of carbonyl (C=O) groups excluding carboxylic acids is 1. The van der Waals surface area contributed by atoms with E-state index in [0.717, 1.165) is 19.5 Å². The summed E-state index contributed by atoms with van der Waals surface area (Å²) >= 11 is 0. The average molecular weight is 308 g/mol. The highest BCUT2D eigenvalue weighted by Gasteiger charge is 2.24. The second-order valence-corrected chi connectivity index (χ2v) is 6.31. The molecule has 1 unspecified atom stereocenters. The molecule has 3 nitrogen and oxygen atoms in total. The molecule has 1 aliphatic heterocycles. The molecule has 120 valence electrons. The highest BCUT2D eigenvalue weighted by molar-refractivity contribution is 5.81. The number of rotatable bonds is 4. The molecule has 0 fully saturated rings. The first-order chi connectivity index (χ1) is 11.1.